The van der Waals surface area contributed by atoms with Crippen molar-refractivity contribution in [2.45, 2.75) is 19.9 Å². The topological polar surface area (TPSA) is 65.1 Å². The van der Waals surface area contributed by atoms with Crippen LogP contribution < -0.4 is 5.32 Å². The van der Waals surface area contributed by atoms with E-state index in [1.54, 1.807) is 0 Å². The van der Waals surface area contributed by atoms with E-state index >= 15 is 0 Å². The van der Waals surface area contributed by atoms with Gasteiger partial charge in [0.2, 0.25) is 0 Å². The molecule has 13 heavy (non-hydrogen) atoms. The number of rotatable bonds is 1. The summed E-state index contributed by atoms with van der Waals surface area (Å²) >= 11 is 0. The number of fused-ring (bicyclic) bond motifs is 1. The van der Waals surface area contributed by atoms with Crippen LogP contribution in [0.1, 0.15) is 27.3 Å². The zero-order valence-electron chi connectivity index (χ0n) is 7.48. The number of carboxylic acid groups (broad SMARTS) is 1. The lowest BCUT2D eigenvalue weighted by Crippen LogP contribution is -2.24. The fourth-order valence-electron chi connectivity index (χ4n) is 1.88. The van der Waals surface area contributed by atoms with Gasteiger partial charge in [-0.05, 0) is 25.5 Å². The van der Waals surface area contributed by atoms with Gasteiger partial charge in [0.25, 0.3) is 0 Å². The SMILES string of the molecule is Cc1[nH]c2c(c1C(=O)O)CCNC2. The number of aromatic carboxylic acids is 1. The molecule has 0 spiro atoms. The highest BCUT2D eigenvalue weighted by molar-refractivity contribution is 5.91. The molecule has 2 heterocycles. The fourth-order valence-corrected chi connectivity index (χ4v) is 1.88. The summed E-state index contributed by atoms with van der Waals surface area (Å²) < 4.78 is 0. The Hall–Kier alpha value is -1.29. The van der Waals surface area contributed by atoms with Gasteiger partial charge in [-0.2, -0.15) is 0 Å². The number of H-pyrrole nitrogens is 1. The van der Waals surface area contributed by atoms with Crippen LogP contribution in [0.3, 0.4) is 0 Å². The van der Waals surface area contributed by atoms with E-state index in [-0.39, 0.29) is 0 Å². The van der Waals surface area contributed by atoms with E-state index in [1.807, 2.05) is 6.92 Å². The Morgan fingerprint density at radius 1 is 1.54 bits per heavy atom. The first kappa shape index (κ1) is 8.31. The molecule has 0 radical (unpaired) electrons. The van der Waals surface area contributed by atoms with Crippen molar-refractivity contribution in [2.24, 2.45) is 0 Å². The number of carboxylic acids is 1. The molecular formula is C9H12N2O2. The summed E-state index contributed by atoms with van der Waals surface area (Å²) in [5.74, 6) is -0.822. The van der Waals surface area contributed by atoms with Gasteiger partial charge in [-0.1, -0.05) is 0 Å². The summed E-state index contributed by atoms with van der Waals surface area (Å²) in [5.41, 5.74) is 3.24. The molecule has 1 aromatic rings. The smallest absolute Gasteiger partial charge is 0.337 e. The number of aromatic amines is 1. The summed E-state index contributed by atoms with van der Waals surface area (Å²) in [5, 5.41) is 12.2. The average Bonchev–Trinajstić information content (AvgIpc) is 2.39. The van der Waals surface area contributed by atoms with Crippen molar-refractivity contribution >= 4 is 5.97 Å². The van der Waals surface area contributed by atoms with E-state index in [0.717, 1.165) is 36.5 Å². The lowest BCUT2D eigenvalue weighted by Gasteiger charge is -2.12. The van der Waals surface area contributed by atoms with Crippen LogP contribution in [0.15, 0.2) is 0 Å². The number of nitrogens with one attached hydrogen (secondary N) is 2. The summed E-state index contributed by atoms with van der Waals surface area (Å²) in [6.45, 7) is 3.43. The van der Waals surface area contributed by atoms with E-state index in [2.05, 4.69) is 10.3 Å². The molecule has 0 unspecified atom stereocenters. The Labute approximate surface area is 76.0 Å². The first-order chi connectivity index (χ1) is 6.20. The number of aryl methyl sites for hydroxylation is 1. The molecule has 0 aromatic carbocycles. The number of carbonyl (C=O) groups is 1. The predicted molar refractivity (Wildman–Crippen MR) is 47.9 cm³/mol. The minimum Gasteiger partial charge on any atom is -0.478 e. The first-order valence-corrected chi connectivity index (χ1v) is 4.34. The predicted octanol–water partition coefficient (Wildman–Crippen LogP) is 0.667. The van der Waals surface area contributed by atoms with E-state index < -0.39 is 5.97 Å². The lowest BCUT2D eigenvalue weighted by molar-refractivity contribution is 0.0695. The van der Waals surface area contributed by atoms with Crippen molar-refractivity contribution in [1.82, 2.24) is 10.3 Å². The second kappa shape index (κ2) is 2.88. The molecule has 1 aliphatic heterocycles. The van der Waals surface area contributed by atoms with Crippen molar-refractivity contribution in [3.8, 4) is 0 Å². The maximum atomic E-state index is 10.9. The maximum Gasteiger partial charge on any atom is 0.337 e. The van der Waals surface area contributed by atoms with Crippen LogP contribution in [-0.2, 0) is 13.0 Å². The molecule has 0 saturated carbocycles. The van der Waals surface area contributed by atoms with Gasteiger partial charge in [0.05, 0.1) is 5.56 Å². The number of hydrogen-bond acceptors (Lipinski definition) is 2. The highest BCUT2D eigenvalue weighted by Crippen LogP contribution is 2.21. The summed E-state index contributed by atoms with van der Waals surface area (Å²) in [4.78, 5) is 14.0. The molecule has 0 aliphatic carbocycles. The second-order valence-electron chi connectivity index (χ2n) is 3.31. The van der Waals surface area contributed by atoms with Gasteiger partial charge in [-0.3, -0.25) is 0 Å². The molecule has 3 N–H and O–H groups in total. The number of aromatic nitrogens is 1. The molecule has 0 saturated heterocycles. The standard InChI is InChI=1S/C9H12N2O2/c1-5-8(9(12)13)6-2-3-10-4-7(6)11-5/h10-11H,2-4H2,1H3,(H,12,13). The van der Waals surface area contributed by atoms with Crippen LogP contribution >= 0.6 is 0 Å². The van der Waals surface area contributed by atoms with Gasteiger partial charge in [0.1, 0.15) is 0 Å². The Morgan fingerprint density at radius 2 is 2.31 bits per heavy atom. The van der Waals surface area contributed by atoms with E-state index in [1.165, 1.54) is 0 Å². The molecule has 70 valence electrons. The Kier molecular flexibility index (Phi) is 1.84. The molecular weight excluding hydrogens is 168 g/mol. The van der Waals surface area contributed by atoms with Gasteiger partial charge >= 0.3 is 5.97 Å². The Balaban J connectivity index is 2.54. The van der Waals surface area contributed by atoms with Crippen LogP contribution in [0.4, 0.5) is 0 Å². The van der Waals surface area contributed by atoms with Crippen LogP contribution in [0.25, 0.3) is 0 Å². The van der Waals surface area contributed by atoms with E-state index in [4.69, 9.17) is 5.11 Å². The van der Waals surface area contributed by atoms with Crippen molar-refractivity contribution in [3.05, 3.63) is 22.5 Å². The van der Waals surface area contributed by atoms with Gasteiger partial charge in [-0.15, -0.1) is 0 Å². The quantitative estimate of drug-likeness (QED) is 0.595. The molecule has 1 aromatic heterocycles. The largest absolute Gasteiger partial charge is 0.478 e. The Morgan fingerprint density at radius 3 is 3.00 bits per heavy atom. The summed E-state index contributed by atoms with van der Waals surface area (Å²) in [6.07, 6.45) is 0.807. The normalized spacial score (nSPS) is 15.5. The van der Waals surface area contributed by atoms with Crippen molar-refractivity contribution in [2.75, 3.05) is 6.54 Å². The summed E-state index contributed by atoms with van der Waals surface area (Å²) in [7, 11) is 0. The monoisotopic (exact) mass is 180 g/mol. The van der Waals surface area contributed by atoms with Crippen molar-refractivity contribution in [3.63, 3.8) is 0 Å². The highest BCUT2D eigenvalue weighted by atomic mass is 16.4. The van der Waals surface area contributed by atoms with Gasteiger partial charge in [0, 0.05) is 17.9 Å². The molecule has 0 bridgehead atoms. The zero-order chi connectivity index (χ0) is 9.42. The first-order valence-electron chi connectivity index (χ1n) is 4.34. The molecule has 0 fully saturated rings. The zero-order valence-corrected chi connectivity index (χ0v) is 7.48. The van der Waals surface area contributed by atoms with Gasteiger partial charge in [0.15, 0.2) is 0 Å². The molecule has 4 heteroatoms. The highest BCUT2D eigenvalue weighted by Gasteiger charge is 2.21. The molecule has 1 aliphatic rings. The molecule has 4 nitrogen and oxygen atoms in total. The third-order valence-corrected chi connectivity index (χ3v) is 2.45. The van der Waals surface area contributed by atoms with Crippen molar-refractivity contribution in [1.29, 1.82) is 0 Å². The van der Waals surface area contributed by atoms with Crippen LogP contribution in [-0.4, -0.2) is 22.6 Å². The van der Waals surface area contributed by atoms with E-state index in [0.29, 0.717) is 5.56 Å². The van der Waals surface area contributed by atoms with Crippen LogP contribution in [0.2, 0.25) is 0 Å². The minimum atomic E-state index is -0.822. The lowest BCUT2D eigenvalue weighted by atomic mass is 10.0. The van der Waals surface area contributed by atoms with Crippen molar-refractivity contribution < 1.29 is 9.90 Å². The number of hydrogen-bond donors (Lipinski definition) is 3. The third kappa shape index (κ3) is 1.23. The van der Waals surface area contributed by atoms with Gasteiger partial charge < -0.3 is 15.4 Å². The Bertz CT molecular complexity index is 355. The molecule has 0 amide bonds. The molecule has 2 rings (SSSR count). The van der Waals surface area contributed by atoms with Gasteiger partial charge in [-0.25, -0.2) is 4.79 Å². The molecule has 0 atom stereocenters. The van der Waals surface area contributed by atoms with E-state index in [9.17, 15) is 4.79 Å². The van der Waals surface area contributed by atoms with Crippen LogP contribution in [0, 0.1) is 6.92 Å². The average molecular weight is 180 g/mol. The fraction of sp³-hybridized carbons (Fsp3) is 0.444. The summed E-state index contributed by atoms with van der Waals surface area (Å²) in [6, 6.07) is 0. The maximum absolute atomic E-state index is 10.9. The third-order valence-electron chi connectivity index (χ3n) is 2.45. The van der Waals surface area contributed by atoms with Crippen LogP contribution in [0.5, 0.6) is 0 Å². The minimum absolute atomic E-state index is 0.469. The second-order valence-corrected chi connectivity index (χ2v) is 3.31.